The van der Waals surface area contributed by atoms with E-state index in [9.17, 15) is 19.5 Å². The van der Waals surface area contributed by atoms with Gasteiger partial charge in [0, 0.05) is 51.8 Å². The van der Waals surface area contributed by atoms with Gasteiger partial charge in [-0.15, -0.1) is 11.3 Å². The van der Waals surface area contributed by atoms with Crippen molar-refractivity contribution in [2.24, 2.45) is 5.73 Å². The number of aromatic nitrogens is 1. The molecule has 42 heavy (non-hydrogen) atoms. The summed E-state index contributed by atoms with van der Waals surface area (Å²) in [6.45, 7) is 4.75. The van der Waals surface area contributed by atoms with Crippen LogP contribution in [0.25, 0.3) is 21.6 Å². The summed E-state index contributed by atoms with van der Waals surface area (Å²) in [7, 11) is 0. The predicted octanol–water partition coefficient (Wildman–Crippen LogP) is 5.74. The smallest absolute Gasteiger partial charge is 0.355 e. The van der Waals surface area contributed by atoms with E-state index in [1.807, 2.05) is 37.4 Å². The van der Waals surface area contributed by atoms with Crippen molar-refractivity contribution in [3.05, 3.63) is 88.1 Å². The fraction of sp³-hybridized carbons (Fsp3) is 0.250. The van der Waals surface area contributed by atoms with E-state index in [0.717, 1.165) is 34.4 Å². The molecule has 2 amide bonds. The molecule has 5 N–H and O–H groups in total. The molecule has 10 heteroatoms. The molecule has 0 atom stereocenters. The molecule has 0 aliphatic carbocycles. The van der Waals surface area contributed by atoms with Crippen LogP contribution in [-0.4, -0.2) is 40.5 Å². The largest absolute Gasteiger partial charge is 0.493 e. The van der Waals surface area contributed by atoms with Gasteiger partial charge in [0.25, 0.3) is 11.8 Å². The van der Waals surface area contributed by atoms with Crippen molar-refractivity contribution in [3.8, 4) is 27.3 Å². The van der Waals surface area contributed by atoms with Gasteiger partial charge in [-0.25, -0.2) is 9.78 Å². The highest BCUT2D eigenvalue weighted by Crippen LogP contribution is 2.43. The van der Waals surface area contributed by atoms with Gasteiger partial charge in [-0.3, -0.25) is 9.59 Å². The van der Waals surface area contributed by atoms with Crippen LogP contribution in [0.3, 0.4) is 0 Å². The van der Waals surface area contributed by atoms with Gasteiger partial charge in [-0.1, -0.05) is 26.0 Å². The van der Waals surface area contributed by atoms with Crippen molar-refractivity contribution in [1.29, 1.82) is 0 Å². The van der Waals surface area contributed by atoms with Gasteiger partial charge in [0.05, 0.1) is 6.61 Å². The van der Waals surface area contributed by atoms with Crippen LogP contribution in [0.5, 0.6) is 5.75 Å². The van der Waals surface area contributed by atoms with Crippen molar-refractivity contribution >= 4 is 34.8 Å². The zero-order valence-electron chi connectivity index (χ0n) is 23.4. The van der Waals surface area contributed by atoms with Gasteiger partial charge in [-0.05, 0) is 71.8 Å². The third-order valence-corrected chi connectivity index (χ3v) is 8.36. The first kappa shape index (κ1) is 29.0. The topological polar surface area (TPSA) is 144 Å². The summed E-state index contributed by atoms with van der Waals surface area (Å²) >= 11 is 1.56. The van der Waals surface area contributed by atoms with Crippen LogP contribution in [0.15, 0.2) is 60.0 Å². The van der Waals surface area contributed by atoms with E-state index in [2.05, 4.69) is 15.6 Å². The van der Waals surface area contributed by atoms with E-state index in [-0.39, 0.29) is 28.6 Å². The monoisotopic (exact) mass is 584 g/mol. The van der Waals surface area contributed by atoms with Crippen molar-refractivity contribution < 1.29 is 24.2 Å². The summed E-state index contributed by atoms with van der Waals surface area (Å²) in [5.41, 5.74) is 9.52. The number of nitrogens with zero attached hydrogens (tertiary/aromatic N) is 1. The molecule has 2 aromatic carbocycles. The number of benzene rings is 2. The molecule has 0 fully saturated rings. The second kappa shape index (κ2) is 12.5. The number of nitrogens with one attached hydrogen (secondary N) is 2. The van der Waals surface area contributed by atoms with E-state index in [1.165, 1.54) is 12.1 Å². The number of carbonyl (C=O) groups is 3. The number of nitrogens with two attached hydrogens (primary N) is 1. The number of carbonyl (C=O) groups excluding carboxylic acids is 2. The fourth-order valence-electron chi connectivity index (χ4n) is 4.97. The van der Waals surface area contributed by atoms with Crippen LogP contribution in [0.2, 0.25) is 0 Å². The van der Waals surface area contributed by atoms with Crippen LogP contribution in [0.1, 0.15) is 69.2 Å². The number of hydrogen-bond acceptors (Lipinski definition) is 7. The maximum atomic E-state index is 13.8. The minimum atomic E-state index is -1.32. The highest BCUT2D eigenvalue weighted by atomic mass is 32.1. The van der Waals surface area contributed by atoms with Crippen molar-refractivity contribution in [3.63, 3.8) is 0 Å². The normalized spacial score (nSPS) is 12.1. The second-order valence-corrected chi connectivity index (χ2v) is 10.9. The van der Waals surface area contributed by atoms with Crippen LogP contribution in [0, 0.1) is 0 Å². The summed E-state index contributed by atoms with van der Waals surface area (Å²) < 4.78 is 6.09. The summed E-state index contributed by atoms with van der Waals surface area (Å²) in [6, 6.07) is 15.6. The first-order chi connectivity index (χ1) is 20.3. The molecule has 5 rings (SSSR count). The number of amides is 2. The van der Waals surface area contributed by atoms with E-state index >= 15 is 0 Å². The summed E-state index contributed by atoms with van der Waals surface area (Å²) in [4.78, 5) is 44.4. The number of fused-ring (bicyclic) bond motifs is 3. The number of carboxylic acids is 1. The Hall–Kier alpha value is -4.54. The number of hydrogen-bond donors (Lipinski definition) is 4. The van der Waals surface area contributed by atoms with Gasteiger partial charge < -0.3 is 26.2 Å². The maximum absolute atomic E-state index is 13.8. The van der Waals surface area contributed by atoms with Crippen molar-refractivity contribution in [2.45, 2.75) is 45.7 Å². The summed E-state index contributed by atoms with van der Waals surface area (Å²) in [6.07, 6.45) is 2.18. The average molecular weight is 585 g/mol. The lowest BCUT2D eigenvalue weighted by atomic mass is 9.93. The van der Waals surface area contributed by atoms with Crippen molar-refractivity contribution in [2.75, 3.05) is 11.9 Å². The zero-order valence-corrected chi connectivity index (χ0v) is 24.2. The molecule has 0 saturated carbocycles. The molecule has 1 aliphatic rings. The number of aromatic carboxylic acids is 1. The molecule has 0 radical (unpaired) electrons. The SMILES string of the molecule is CCC(CC)NC(=O)c1ccc(-c2cc3c(cc2C(=O)Nc2ccc(CN)cc2)-c2sccc2CCO3)c(C(=O)O)n1. The van der Waals surface area contributed by atoms with Gasteiger partial charge in [-0.2, -0.15) is 0 Å². The molecule has 4 aromatic rings. The van der Waals surface area contributed by atoms with Gasteiger partial charge in [0.15, 0.2) is 5.69 Å². The number of anilines is 1. The van der Waals surface area contributed by atoms with Crippen molar-refractivity contribution in [1.82, 2.24) is 10.3 Å². The van der Waals surface area contributed by atoms with Crippen LogP contribution in [0.4, 0.5) is 5.69 Å². The third-order valence-electron chi connectivity index (χ3n) is 7.37. The standard InChI is InChI=1S/C32H32N4O5S/c1-3-20(4-2)34-31(38)26-10-9-22(28(36-26)32(39)40)23-16-27-25(29-19(11-13-41-27)12-14-42-29)15-24(23)30(37)35-21-7-5-18(17-33)6-8-21/h5-10,12,14-16,20H,3-4,11,13,17,33H2,1-2H3,(H,34,38)(H,35,37)(H,39,40). The molecule has 2 aromatic heterocycles. The Bertz CT molecular complexity index is 1640. The Balaban J connectivity index is 1.63. The predicted molar refractivity (Wildman–Crippen MR) is 163 cm³/mol. The minimum Gasteiger partial charge on any atom is -0.493 e. The van der Waals surface area contributed by atoms with Gasteiger partial charge in [0.2, 0.25) is 0 Å². The quantitative estimate of drug-likeness (QED) is 0.196. The fourth-order valence-corrected chi connectivity index (χ4v) is 5.94. The van der Waals surface area contributed by atoms with Gasteiger partial charge >= 0.3 is 5.97 Å². The molecule has 3 heterocycles. The number of thiophene rings is 1. The van der Waals surface area contributed by atoms with E-state index < -0.39 is 17.8 Å². The Kier molecular flexibility index (Phi) is 8.65. The Morgan fingerprint density at radius 1 is 1.00 bits per heavy atom. The molecule has 0 bridgehead atoms. The molecule has 0 spiro atoms. The van der Waals surface area contributed by atoms with E-state index in [4.69, 9.17) is 10.5 Å². The molecule has 0 unspecified atom stereocenters. The van der Waals surface area contributed by atoms with E-state index in [0.29, 0.717) is 36.6 Å². The van der Waals surface area contributed by atoms with E-state index in [1.54, 1.807) is 35.6 Å². The first-order valence-corrected chi connectivity index (χ1v) is 14.7. The lowest BCUT2D eigenvalue weighted by molar-refractivity contribution is 0.0691. The highest BCUT2D eigenvalue weighted by Gasteiger charge is 2.27. The maximum Gasteiger partial charge on any atom is 0.355 e. The number of ether oxygens (including phenoxy) is 1. The average Bonchev–Trinajstić information content (AvgIpc) is 3.40. The Morgan fingerprint density at radius 2 is 1.76 bits per heavy atom. The number of pyridine rings is 1. The number of rotatable bonds is 9. The third kappa shape index (κ3) is 5.90. The molecule has 216 valence electrons. The molecule has 9 nitrogen and oxygen atoms in total. The first-order valence-electron chi connectivity index (χ1n) is 13.9. The summed E-state index contributed by atoms with van der Waals surface area (Å²) in [5, 5.41) is 18.0. The Labute approximate surface area is 247 Å². The highest BCUT2D eigenvalue weighted by molar-refractivity contribution is 7.13. The zero-order chi connectivity index (χ0) is 29.8. The second-order valence-electron chi connectivity index (χ2n) is 10.0. The van der Waals surface area contributed by atoms with Crippen LogP contribution >= 0.6 is 11.3 Å². The van der Waals surface area contributed by atoms with Gasteiger partial charge in [0.1, 0.15) is 11.4 Å². The molecular weight excluding hydrogens is 552 g/mol. The molecular formula is C32H32N4O5S. The molecule has 0 saturated heterocycles. The lowest BCUT2D eigenvalue weighted by Gasteiger charge is -2.18. The van der Waals surface area contributed by atoms with Crippen LogP contribution in [-0.2, 0) is 13.0 Å². The van der Waals surface area contributed by atoms with Crippen LogP contribution < -0.4 is 21.1 Å². The molecule has 1 aliphatic heterocycles. The lowest BCUT2D eigenvalue weighted by Crippen LogP contribution is -2.34. The minimum absolute atomic E-state index is 0.0108. The summed E-state index contributed by atoms with van der Waals surface area (Å²) in [5.74, 6) is -1.65. The number of carboxylic acid groups (broad SMARTS) is 1. The Morgan fingerprint density at radius 3 is 2.45 bits per heavy atom.